The van der Waals surface area contributed by atoms with Gasteiger partial charge in [-0.25, -0.2) is 9.59 Å². The van der Waals surface area contributed by atoms with Crippen molar-refractivity contribution in [1.82, 2.24) is 0 Å². The summed E-state index contributed by atoms with van der Waals surface area (Å²) in [5, 5.41) is 0. The van der Waals surface area contributed by atoms with E-state index in [1.165, 1.54) is 27.1 Å². The Morgan fingerprint density at radius 2 is 1.70 bits per heavy atom. The van der Waals surface area contributed by atoms with Crippen molar-refractivity contribution in [1.29, 1.82) is 0 Å². The number of hydrogen-bond donors (Lipinski definition) is 0. The lowest BCUT2D eigenvalue weighted by molar-refractivity contribution is -0.104. The molecular formula is C30H46O7. The van der Waals surface area contributed by atoms with Crippen LogP contribution in [0, 0.1) is 40.4 Å². The van der Waals surface area contributed by atoms with Gasteiger partial charge in [0.2, 0.25) is 0 Å². The van der Waals surface area contributed by atoms with Crippen LogP contribution < -0.4 is 0 Å². The third-order valence-corrected chi connectivity index (χ3v) is 10.2. The lowest BCUT2D eigenvalue weighted by Gasteiger charge is -2.58. The van der Waals surface area contributed by atoms with E-state index >= 15 is 0 Å². The Morgan fingerprint density at radius 3 is 2.38 bits per heavy atom. The smallest absolute Gasteiger partial charge is 0.438 e. The first kappa shape index (κ1) is 28.0. The van der Waals surface area contributed by atoms with E-state index in [0.717, 1.165) is 31.4 Å². The summed E-state index contributed by atoms with van der Waals surface area (Å²) in [5.74, 6) is 2.49. The van der Waals surface area contributed by atoms with Crippen molar-refractivity contribution in [2.45, 2.75) is 91.5 Å². The van der Waals surface area contributed by atoms with Crippen LogP contribution in [0.5, 0.6) is 0 Å². The number of ether oxygens (including phenoxy) is 5. The molecule has 0 N–H and O–H groups in total. The van der Waals surface area contributed by atoms with Gasteiger partial charge >= 0.3 is 12.3 Å². The van der Waals surface area contributed by atoms with Crippen LogP contribution >= 0.6 is 0 Å². The highest BCUT2D eigenvalue weighted by atomic mass is 16.7. The van der Waals surface area contributed by atoms with Crippen LogP contribution in [0.15, 0.2) is 23.8 Å². The van der Waals surface area contributed by atoms with Gasteiger partial charge in [-0.3, -0.25) is 0 Å². The van der Waals surface area contributed by atoms with Gasteiger partial charge in [-0.05, 0) is 85.7 Å². The monoisotopic (exact) mass is 518 g/mol. The Bertz CT molecular complexity index is 910. The molecule has 37 heavy (non-hydrogen) atoms. The SMILES string of the molecule is COC(=O)O[C@@H]1C=C2C=C[C@H]3[C@@H]4CC[C@H](C(C)OCCC(C)C)[C@@]4(C)CC[C@@H]3[C@@]2(C)[C@@H](OC(=O)OC)C1. The lowest BCUT2D eigenvalue weighted by Crippen LogP contribution is -2.55. The Labute approximate surface area is 222 Å². The quantitative estimate of drug-likeness (QED) is 0.347. The third kappa shape index (κ3) is 5.17. The molecule has 2 saturated carbocycles. The van der Waals surface area contributed by atoms with E-state index in [1.807, 2.05) is 6.08 Å². The summed E-state index contributed by atoms with van der Waals surface area (Å²) in [6.45, 7) is 12.3. The van der Waals surface area contributed by atoms with E-state index in [4.69, 9.17) is 23.7 Å². The summed E-state index contributed by atoms with van der Waals surface area (Å²) in [6, 6.07) is 0. The number of carbonyl (C=O) groups excluding carboxylic acids is 2. The van der Waals surface area contributed by atoms with Crippen LogP contribution in [0.4, 0.5) is 9.59 Å². The molecule has 0 bridgehead atoms. The molecule has 0 radical (unpaired) electrons. The molecule has 0 spiro atoms. The maximum absolute atomic E-state index is 12.3. The lowest BCUT2D eigenvalue weighted by atomic mass is 9.47. The fraction of sp³-hybridized carbons (Fsp3) is 0.800. The Balaban J connectivity index is 1.60. The van der Waals surface area contributed by atoms with Gasteiger partial charge in [-0.15, -0.1) is 0 Å². The van der Waals surface area contributed by atoms with E-state index in [9.17, 15) is 9.59 Å². The predicted octanol–water partition coefficient (Wildman–Crippen LogP) is 6.71. The van der Waals surface area contributed by atoms with E-state index in [-0.39, 0.29) is 16.9 Å². The maximum atomic E-state index is 12.3. The topological polar surface area (TPSA) is 80.3 Å². The van der Waals surface area contributed by atoms with E-state index in [2.05, 4.69) is 46.8 Å². The summed E-state index contributed by atoms with van der Waals surface area (Å²) in [5.41, 5.74) is 0.901. The number of rotatable bonds is 7. The first-order valence-electron chi connectivity index (χ1n) is 14.1. The zero-order valence-electron chi connectivity index (χ0n) is 23.7. The molecular weight excluding hydrogens is 472 g/mol. The highest BCUT2D eigenvalue weighted by Crippen LogP contribution is 2.66. The molecule has 4 rings (SSSR count). The molecule has 7 nitrogen and oxygen atoms in total. The molecule has 2 fully saturated rings. The Kier molecular flexibility index (Phi) is 8.32. The van der Waals surface area contributed by atoms with Crippen LogP contribution in [-0.2, 0) is 23.7 Å². The Morgan fingerprint density at radius 1 is 1.00 bits per heavy atom. The van der Waals surface area contributed by atoms with E-state index in [1.54, 1.807) is 0 Å². The highest BCUT2D eigenvalue weighted by molar-refractivity contribution is 5.61. The number of allylic oxidation sites excluding steroid dienone is 2. The highest BCUT2D eigenvalue weighted by Gasteiger charge is 2.61. The minimum atomic E-state index is -0.741. The first-order valence-corrected chi connectivity index (χ1v) is 14.1. The number of hydrogen-bond acceptors (Lipinski definition) is 7. The van der Waals surface area contributed by atoms with Crippen molar-refractivity contribution in [3.8, 4) is 0 Å². The number of carbonyl (C=O) groups is 2. The molecule has 0 amide bonds. The second-order valence-corrected chi connectivity index (χ2v) is 12.4. The fourth-order valence-corrected chi connectivity index (χ4v) is 8.16. The van der Waals surface area contributed by atoms with Gasteiger partial charge < -0.3 is 23.7 Å². The molecule has 1 unspecified atom stereocenters. The molecule has 208 valence electrons. The van der Waals surface area contributed by atoms with Gasteiger partial charge in [0.1, 0.15) is 12.2 Å². The maximum Gasteiger partial charge on any atom is 0.508 e. The molecule has 4 aliphatic rings. The molecule has 9 atom stereocenters. The van der Waals surface area contributed by atoms with Crippen LogP contribution in [0.25, 0.3) is 0 Å². The zero-order valence-corrected chi connectivity index (χ0v) is 23.7. The minimum Gasteiger partial charge on any atom is -0.438 e. The second-order valence-electron chi connectivity index (χ2n) is 12.4. The summed E-state index contributed by atoms with van der Waals surface area (Å²) in [4.78, 5) is 24.1. The summed E-state index contributed by atoms with van der Waals surface area (Å²) >= 11 is 0. The average Bonchev–Trinajstić information content (AvgIpc) is 3.21. The summed E-state index contributed by atoms with van der Waals surface area (Å²) in [7, 11) is 2.62. The van der Waals surface area contributed by atoms with Gasteiger partial charge in [0.15, 0.2) is 0 Å². The average molecular weight is 519 g/mol. The van der Waals surface area contributed by atoms with Gasteiger partial charge in [0.05, 0.1) is 20.3 Å². The van der Waals surface area contributed by atoms with Crippen molar-refractivity contribution >= 4 is 12.3 Å². The fourth-order valence-electron chi connectivity index (χ4n) is 8.16. The molecule has 0 aromatic carbocycles. The van der Waals surface area contributed by atoms with Gasteiger partial charge in [-0.1, -0.05) is 39.8 Å². The second kappa shape index (κ2) is 11.0. The van der Waals surface area contributed by atoms with Crippen molar-refractivity contribution in [2.75, 3.05) is 20.8 Å². The van der Waals surface area contributed by atoms with Crippen molar-refractivity contribution in [3.63, 3.8) is 0 Å². The minimum absolute atomic E-state index is 0.226. The van der Waals surface area contributed by atoms with Gasteiger partial charge in [0, 0.05) is 18.4 Å². The van der Waals surface area contributed by atoms with Crippen molar-refractivity contribution in [3.05, 3.63) is 23.8 Å². The van der Waals surface area contributed by atoms with Crippen molar-refractivity contribution < 1.29 is 33.3 Å². The number of fused-ring (bicyclic) bond motifs is 5. The largest absolute Gasteiger partial charge is 0.508 e. The molecule has 0 aromatic rings. The molecule has 0 saturated heterocycles. The van der Waals surface area contributed by atoms with Gasteiger partial charge in [0.25, 0.3) is 0 Å². The first-order chi connectivity index (χ1) is 17.5. The number of methoxy groups -OCH3 is 2. The zero-order chi connectivity index (χ0) is 27.0. The van der Waals surface area contributed by atoms with E-state index in [0.29, 0.717) is 36.0 Å². The molecule has 7 heteroatoms. The van der Waals surface area contributed by atoms with Crippen molar-refractivity contribution in [2.24, 2.45) is 40.4 Å². The third-order valence-electron chi connectivity index (χ3n) is 10.2. The summed E-state index contributed by atoms with van der Waals surface area (Å²) in [6.07, 6.45) is 10.4. The Hall–Kier alpha value is -2.02. The molecule has 0 aromatic heterocycles. The van der Waals surface area contributed by atoms with Crippen LogP contribution in [0.3, 0.4) is 0 Å². The molecule has 0 heterocycles. The van der Waals surface area contributed by atoms with E-state index < -0.39 is 24.5 Å². The predicted molar refractivity (Wildman–Crippen MR) is 140 cm³/mol. The normalized spacial score (nSPS) is 39.1. The molecule has 4 aliphatic carbocycles. The van der Waals surface area contributed by atoms with Crippen LogP contribution in [0.1, 0.15) is 73.1 Å². The standard InChI is InChI=1S/C30H46O7/c1-18(2)13-15-35-19(3)23-10-11-24-22-9-8-20-16-21(36-27(31)33-6)17-26(37-28(32)34-7)30(20,5)25(22)12-14-29(23,24)4/h8-9,16,18-19,21-26H,10-15,17H2,1-7H3/t19?,21-,22+,23-,24+,25+,26+,29-,30+/m1/s1. The van der Waals surface area contributed by atoms with Crippen LogP contribution in [0.2, 0.25) is 0 Å². The molecule has 0 aliphatic heterocycles. The summed E-state index contributed by atoms with van der Waals surface area (Å²) < 4.78 is 27.3. The van der Waals surface area contributed by atoms with Crippen LogP contribution in [-0.4, -0.2) is 51.4 Å². The van der Waals surface area contributed by atoms with Gasteiger partial charge in [-0.2, -0.15) is 0 Å².